The Hall–Kier alpha value is -0.340. The van der Waals surface area contributed by atoms with E-state index in [0.717, 1.165) is 13.2 Å². The maximum atomic E-state index is 6.23. The van der Waals surface area contributed by atoms with Crippen molar-refractivity contribution in [2.45, 2.75) is 180 Å². The molecule has 0 aliphatic heterocycles. The second-order valence-corrected chi connectivity index (χ2v) is 11.3. The van der Waals surface area contributed by atoms with Crippen molar-refractivity contribution < 1.29 is 9.47 Å². The molecule has 0 bridgehead atoms. The summed E-state index contributed by atoms with van der Waals surface area (Å²) in [6, 6.07) is 0. The summed E-state index contributed by atoms with van der Waals surface area (Å²) in [5.41, 5.74) is 3.57. The summed E-state index contributed by atoms with van der Waals surface area (Å²) in [5, 5.41) is 0. The predicted octanol–water partition coefficient (Wildman–Crippen LogP) is 10.5. The van der Waals surface area contributed by atoms with Crippen LogP contribution in [0, 0.1) is 0 Å². The first-order chi connectivity index (χ1) is 16.8. The summed E-state index contributed by atoms with van der Waals surface area (Å²) in [4.78, 5) is 0. The van der Waals surface area contributed by atoms with Crippen molar-refractivity contribution in [2.75, 3.05) is 13.2 Å². The molecule has 2 heteroatoms. The van der Waals surface area contributed by atoms with E-state index in [0.29, 0.717) is 12.2 Å². The van der Waals surface area contributed by atoms with Crippen LogP contribution in [0.2, 0.25) is 0 Å². The fourth-order valence-corrected chi connectivity index (χ4v) is 5.89. The van der Waals surface area contributed by atoms with Crippen molar-refractivity contribution in [1.29, 1.82) is 0 Å². The molecule has 0 aromatic heterocycles. The minimum atomic E-state index is 0.528. The third kappa shape index (κ3) is 14.3. The van der Waals surface area contributed by atoms with E-state index in [1.54, 1.807) is 11.1 Å². The van der Waals surface area contributed by atoms with E-state index in [1.165, 1.54) is 154 Å². The van der Waals surface area contributed by atoms with Crippen molar-refractivity contribution in [3.8, 4) is 0 Å². The Morgan fingerprint density at radius 3 is 1.06 bits per heavy atom. The van der Waals surface area contributed by atoms with Crippen molar-refractivity contribution in [3.05, 3.63) is 11.1 Å². The van der Waals surface area contributed by atoms with Crippen LogP contribution in [0.15, 0.2) is 11.1 Å². The highest BCUT2D eigenvalue weighted by molar-refractivity contribution is 5.18. The molecular weight excluding hydrogens is 416 g/mol. The van der Waals surface area contributed by atoms with Gasteiger partial charge in [0.05, 0.1) is 12.2 Å². The molecule has 0 aromatic rings. The van der Waals surface area contributed by atoms with Crippen molar-refractivity contribution in [1.82, 2.24) is 0 Å². The Morgan fingerprint density at radius 1 is 0.441 bits per heavy atom. The molecule has 2 fully saturated rings. The molecule has 2 aliphatic carbocycles. The number of allylic oxidation sites excluding steroid dienone is 2. The van der Waals surface area contributed by atoms with Gasteiger partial charge in [0, 0.05) is 13.2 Å². The number of rotatable bonds is 20. The third-order valence-corrected chi connectivity index (χ3v) is 8.28. The van der Waals surface area contributed by atoms with E-state index in [-0.39, 0.29) is 0 Å². The fraction of sp³-hybridized carbons (Fsp3) is 0.938. The first-order valence-electron chi connectivity index (χ1n) is 15.8. The predicted molar refractivity (Wildman–Crippen MR) is 149 cm³/mol. The summed E-state index contributed by atoms with van der Waals surface area (Å²) in [6.07, 6.45) is 33.4. The molecule has 200 valence electrons. The normalized spacial score (nSPS) is 21.4. The monoisotopic (exact) mass is 476 g/mol. The number of ether oxygens (including phenoxy) is 2. The van der Waals surface area contributed by atoms with Gasteiger partial charge in [0.15, 0.2) is 0 Å². The summed E-state index contributed by atoms with van der Waals surface area (Å²) in [6.45, 7) is 6.56. The molecule has 0 aromatic carbocycles. The average Bonchev–Trinajstić information content (AvgIpc) is 2.87. The molecule has 0 radical (unpaired) electrons. The molecule has 0 saturated heterocycles. The van der Waals surface area contributed by atoms with Gasteiger partial charge in [0.1, 0.15) is 0 Å². The Balaban J connectivity index is 1.43. The SMILES string of the molecule is CCCCCCCCCCOC1CCC(=C2CCC(OCCCCCCCCCC)CC2)CC1. The lowest BCUT2D eigenvalue weighted by Crippen LogP contribution is -2.22. The Morgan fingerprint density at radius 2 is 0.735 bits per heavy atom. The van der Waals surface area contributed by atoms with Gasteiger partial charge >= 0.3 is 0 Å². The van der Waals surface area contributed by atoms with Crippen LogP contribution < -0.4 is 0 Å². The first-order valence-corrected chi connectivity index (χ1v) is 15.8. The van der Waals surface area contributed by atoms with Gasteiger partial charge in [0.2, 0.25) is 0 Å². The number of hydrogen-bond acceptors (Lipinski definition) is 2. The molecule has 0 atom stereocenters. The van der Waals surface area contributed by atoms with E-state index >= 15 is 0 Å². The molecule has 2 nitrogen and oxygen atoms in total. The molecule has 34 heavy (non-hydrogen) atoms. The van der Waals surface area contributed by atoms with Crippen molar-refractivity contribution in [3.63, 3.8) is 0 Å². The maximum absolute atomic E-state index is 6.23. The van der Waals surface area contributed by atoms with E-state index in [9.17, 15) is 0 Å². The lowest BCUT2D eigenvalue weighted by molar-refractivity contribution is 0.0293. The molecule has 0 unspecified atom stereocenters. The zero-order valence-electron chi connectivity index (χ0n) is 23.4. The molecule has 0 heterocycles. The third-order valence-electron chi connectivity index (χ3n) is 8.28. The summed E-state index contributed by atoms with van der Waals surface area (Å²) >= 11 is 0. The smallest absolute Gasteiger partial charge is 0.0581 e. The fourth-order valence-electron chi connectivity index (χ4n) is 5.89. The van der Waals surface area contributed by atoms with Gasteiger partial charge in [-0.2, -0.15) is 0 Å². The van der Waals surface area contributed by atoms with Gasteiger partial charge in [-0.3, -0.25) is 0 Å². The number of unbranched alkanes of at least 4 members (excludes halogenated alkanes) is 14. The van der Waals surface area contributed by atoms with Gasteiger partial charge in [-0.1, -0.05) is 115 Å². The first kappa shape index (κ1) is 29.9. The van der Waals surface area contributed by atoms with Crippen LogP contribution in [0.4, 0.5) is 0 Å². The summed E-state index contributed by atoms with van der Waals surface area (Å²) in [7, 11) is 0. The van der Waals surface area contributed by atoms with Gasteiger partial charge in [-0.05, 0) is 64.2 Å². The van der Waals surface area contributed by atoms with E-state index in [2.05, 4.69) is 13.8 Å². The highest BCUT2D eigenvalue weighted by Crippen LogP contribution is 2.35. The second kappa shape index (κ2) is 20.8. The van der Waals surface area contributed by atoms with Crippen LogP contribution >= 0.6 is 0 Å². The standard InChI is InChI=1S/C32H60O2/c1-3-5-7-9-11-13-15-17-27-33-31-23-19-29(20-24-31)30-21-25-32(26-22-30)34-28-18-16-14-12-10-8-6-4-2/h31-32H,3-28H2,1-2H3. The molecule has 2 aliphatic rings. The molecule has 0 spiro atoms. The van der Waals surface area contributed by atoms with Crippen molar-refractivity contribution >= 4 is 0 Å². The largest absolute Gasteiger partial charge is 0.378 e. The van der Waals surface area contributed by atoms with Gasteiger partial charge in [-0.15, -0.1) is 0 Å². The van der Waals surface area contributed by atoms with Gasteiger partial charge in [0.25, 0.3) is 0 Å². The quantitative estimate of drug-likeness (QED) is 0.128. The molecule has 0 N–H and O–H groups in total. The van der Waals surface area contributed by atoms with Crippen LogP contribution in [0.5, 0.6) is 0 Å². The van der Waals surface area contributed by atoms with Gasteiger partial charge in [-0.25, -0.2) is 0 Å². The summed E-state index contributed by atoms with van der Waals surface area (Å²) in [5.74, 6) is 0. The molecule has 2 saturated carbocycles. The minimum absolute atomic E-state index is 0.528. The minimum Gasteiger partial charge on any atom is -0.378 e. The Labute approximate surface area is 214 Å². The van der Waals surface area contributed by atoms with Crippen molar-refractivity contribution in [2.24, 2.45) is 0 Å². The Bertz CT molecular complexity index is 433. The lowest BCUT2D eigenvalue weighted by Gasteiger charge is -2.30. The lowest BCUT2D eigenvalue weighted by atomic mass is 9.82. The van der Waals surface area contributed by atoms with E-state index < -0.39 is 0 Å². The highest BCUT2D eigenvalue weighted by atomic mass is 16.5. The van der Waals surface area contributed by atoms with E-state index in [4.69, 9.17) is 9.47 Å². The zero-order chi connectivity index (χ0) is 24.1. The average molecular weight is 477 g/mol. The Kier molecular flexibility index (Phi) is 18.3. The van der Waals surface area contributed by atoms with Gasteiger partial charge < -0.3 is 9.47 Å². The zero-order valence-corrected chi connectivity index (χ0v) is 23.4. The van der Waals surface area contributed by atoms with Crippen LogP contribution in [0.25, 0.3) is 0 Å². The number of hydrogen-bond donors (Lipinski definition) is 0. The topological polar surface area (TPSA) is 18.5 Å². The van der Waals surface area contributed by atoms with E-state index in [1.807, 2.05) is 0 Å². The summed E-state index contributed by atoms with van der Waals surface area (Å²) < 4.78 is 12.5. The van der Waals surface area contributed by atoms with Crippen LogP contribution in [-0.2, 0) is 9.47 Å². The highest BCUT2D eigenvalue weighted by Gasteiger charge is 2.23. The van der Waals surface area contributed by atoms with Crippen LogP contribution in [0.3, 0.4) is 0 Å². The molecular formula is C32H60O2. The molecule has 0 amide bonds. The van der Waals surface area contributed by atoms with Crippen LogP contribution in [0.1, 0.15) is 168 Å². The van der Waals surface area contributed by atoms with Crippen LogP contribution in [-0.4, -0.2) is 25.4 Å². The molecule has 2 rings (SSSR count). The maximum Gasteiger partial charge on any atom is 0.0581 e. The second-order valence-electron chi connectivity index (χ2n) is 11.3.